The lowest BCUT2D eigenvalue weighted by Crippen LogP contribution is -2.41. The third kappa shape index (κ3) is 6.07. The van der Waals surface area contributed by atoms with Gasteiger partial charge in [0.05, 0.1) is 23.7 Å². The van der Waals surface area contributed by atoms with E-state index in [4.69, 9.17) is 5.26 Å². The van der Waals surface area contributed by atoms with E-state index in [-0.39, 0.29) is 24.6 Å². The van der Waals surface area contributed by atoms with E-state index < -0.39 is 15.3 Å². The van der Waals surface area contributed by atoms with Gasteiger partial charge in [-0.25, -0.2) is 8.42 Å². The van der Waals surface area contributed by atoms with Crippen LogP contribution in [0, 0.1) is 16.7 Å². The molecule has 0 atom stereocenters. The summed E-state index contributed by atoms with van der Waals surface area (Å²) >= 11 is 0. The maximum absolute atomic E-state index is 11.5. The van der Waals surface area contributed by atoms with Crippen molar-refractivity contribution in [3.8, 4) is 6.07 Å². The maximum Gasteiger partial charge on any atom is 0.226 e. The van der Waals surface area contributed by atoms with Gasteiger partial charge in [0.1, 0.15) is 9.84 Å². The van der Waals surface area contributed by atoms with Gasteiger partial charge in [-0.2, -0.15) is 5.26 Å². The average molecular weight is 232 g/mol. The largest absolute Gasteiger partial charge is 0.355 e. The first-order chi connectivity index (χ1) is 6.69. The third-order valence-corrected chi connectivity index (χ3v) is 3.01. The standard InChI is InChI=1S/C9H16N2O3S/c1-9(2,7-15(3,13)14)8(12)11-6-4-5-10/h4,6-7H2,1-3H3,(H,11,12). The van der Waals surface area contributed by atoms with Crippen LogP contribution in [0.15, 0.2) is 0 Å². The number of sulfone groups is 1. The number of rotatable bonds is 5. The lowest BCUT2D eigenvalue weighted by molar-refractivity contribution is -0.128. The SMILES string of the molecule is CC(C)(CS(C)(=O)=O)C(=O)NCCC#N. The molecule has 1 N–H and O–H groups in total. The summed E-state index contributed by atoms with van der Waals surface area (Å²) in [6.45, 7) is 3.38. The van der Waals surface area contributed by atoms with Crippen LogP contribution in [0.4, 0.5) is 0 Å². The Morgan fingerprint density at radius 3 is 2.40 bits per heavy atom. The van der Waals surface area contributed by atoms with E-state index in [9.17, 15) is 13.2 Å². The Bertz CT molecular complexity index is 365. The zero-order valence-electron chi connectivity index (χ0n) is 9.20. The average Bonchev–Trinajstić information content (AvgIpc) is 2.00. The molecule has 0 aromatic rings. The normalized spacial score (nSPS) is 11.9. The van der Waals surface area contributed by atoms with Crippen molar-refractivity contribution in [2.24, 2.45) is 5.41 Å². The minimum atomic E-state index is -3.18. The molecule has 0 aliphatic carbocycles. The van der Waals surface area contributed by atoms with Gasteiger partial charge in [-0.05, 0) is 0 Å². The van der Waals surface area contributed by atoms with E-state index in [0.717, 1.165) is 6.26 Å². The molecule has 0 aliphatic heterocycles. The van der Waals surface area contributed by atoms with E-state index >= 15 is 0 Å². The zero-order valence-corrected chi connectivity index (χ0v) is 10.0. The van der Waals surface area contributed by atoms with Crippen LogP contribution in [-0.2, 0) is 14.6 Å². The molecule has 0 rings (SSSR count). The Morgan fingerprint density at radius 1 is 1.47 bits per heavy atom. The highest BCUT2D eigenvalue weighted by molar-refractivity contribution is 7.90. The molecule has 0 aromatic carbocycles. The molecule has 0 bridgehead atoms. The molecular formula is C9H16N2O3S. The molecule has 0 fully saturated rings. The van der Waals surface area contributed by atoms with Crippen LogP contribution in [0.1, 0.15) is 20.3 Å². The Morgan fingerprint density at radius 2 is 2.00 bits per heavy atom. The molecule has 0 aliphatic rings. The summed E-state index contributed by atoms with van der Waals surface area (Å²) in [5.41, 5.74) is -0.955. The molecule has 6 heteroatoms. The molecule has 0 unspecified atom stereocenters. The van der Waals surface area contributed by atoms with Crippen molar-refractivity contribution in [1.82, 2.24) is 5.32 Å². The lowest BCUT2D eigenvalue weighted by atomic mass is 9.95. The van der Waals surface area contributed by atoms with E-state index in [1.165, 1.54) is 0 Å². The van der Waals surface area contributed by atoms with E-state index in [2.05, 4.69) is 5.32 Å². The van der Waals surface area contributed by atoms with Crippen LogP contribution >= 0.6 is 0 Å². The number of nitrogens with one attached hydrogen (secondary N) is 1. The van der Waals surface area contributed by atoms with E-state index in [1.54, 1.807) is 13.8 Å². The fraction of sp³-hybridized carbons (Fsp3) is 0.778. The van der Waals surface area contributed by atoms with Gasteiger partial charge >= 0.3 is 0 Å². The number of nitrogens with zero attached hydrogens (tertiary/aromatic N) is 1. The number of hydrogen-bond donors (Lipinski definition) is 1. The van der Waals surface area contributed by atoms with Crippen LogP contribution in [0.25, 0.3) is 0 Å². The second kappa shape index (κ2) is 5.12. The summed E-state index contributed by atoms with van der Waals surface area (Å²) in [5, 5.41) is 10.8. The fourth-order valence-electron chi connectivity index (χ4n) is 1.19. The summed E-state index contributed by atoms with van der Waals surface area (Å²) in [6.07, 6.45) is 1.32. The minimum absolute atomic E-state index is 0.196. The number of carbonyl (C=O) groups excluding carboxylic acids is 1. The fourth-order valence-corrected chi connectivity index (χ4v) is 2.63. The van der Waals surface area contributed by atoms with E-state index in [1.807, 2.05) is 6.07 Å². The quantitative estimate of drug-likeness (QED) is 0.680. The van der Waals surface area contributed by atoms with Gasteiger partial charge in [0, 0.05) is 12.8 Å². The van der Waals surface area contributed by atoms with Crippen LogP contribution in [0.3, 0.4) is 0 Å². The van der Waals surface area contributed by atoms with Crippen LogP contribution in [0.2, 0.25) is 0 Å². The monoisotopic (exact) mass is 232 g/mol. The van der Waals surface area contributed by atoms with Crippen molar-refractivity contribution < 1.29 is 13.2 Å². The van der Waals surface area contributed by atoms with Crippen molar-refractivity contribution in [1.29, 1.82) is 5.26 Å². The number of carbonyl (C=O) groups is 1. The molecule has 0 saturated carbocycles. The van der Waals surface area contributed by atoms with Gasteiger partial charge in [-0.1, -0.05) is 13.8 Å². The molecule has 86 valence electrons. The Kier molecular flexibility index (Phi) is 4.75. The summed E-state index contributed by atoms with van der Waals surface area (Å²) in [5.74, 6) is -0.540. The van der Waals surface area contributed by atoms with Crippen molar-refractivity contribution in [3.63, 3.8) is 0 Å². The predicted molar refractivity (Wildman–Crippen MR) is 56.7 cm³/mol. The second-order valence-electron chi connectivity index (χ2n) is 4.12. The molecule has 1 amide bonds. The second-order valence-corrected chi connectivity index (χ2v) is 6.26. The summed E-state index contributed by atoms with van der Waals surface area (Å²) in [4.78, 5) is 11.5. The first kappa shape index (κ1) is 13.9. The van der Waals surface area contributed by atoms with Gasteiger partial charge in [0.25, 0.3) is 0 Å². The molecule has 0 aromatic heterocycles. The summed E-state index contributed by atoms with van der Waals surface area (Å²) < 4.78 is 22.1. The minimum Gasteiger partial charge on any atom is -0.355 e. The first-order valence-electron chi connectivity index (χ1n) is 4.52. The Balaban J connectivity index is 4.34. The number of amides is 1. The first-order valence-corrected chi connectivity index (χ1v) is 6.58. The highest BCUT2D eigenvalue weighted by atomic mass is 32.2. The van der Waals surface area contributed by atoms with Crippen LogP contribution < -0.4 is 5.32 Å². The highest BCUT2D eigenvalue weighted by Crippen LogP contribution is 2.17. The Labute approximate surface area is 90.4 Å². The van der Waals surface area contributed by atoms with Crippen molar-refractivity contribution in [3.05, 3.63) is 0 Å². The van der Waals surface area contributed by atoms with Crippen LogP contribution in [0.5, 0.6) is 0 Å². The number of hydrogen-bond acceptors (Lipinski definition) is 4. The molecule has 0 heterocycles. The van der Waals surface area contributed by atoms with Crippen molar-refractivity contribution in [2.75, 3.05) is 18.6 Å². The molecule has 5 nitrogen and oxygen atoms in total. The maximum atomic E-state index is 11.5. The zero-order chi connectivity index (χ0) is 12.1. The van der Waals surface area contributed by atoms with Crippen molar-refractivity contribution >= 4 is 15.7 Å². The van der Waals surface area contributed by atoms with Gasteiger partial charge in [-0.3, -0.25) is 4.79 Å². The highest BCUT2D eigenvalue weighted by Gasteiger charge is 2.31. The predicted octanol–water partition coefficient (Wildman–Crippen LogP) is 0.0871. The Hall–Kier alpha value is -1.09. The smallest absolute Gasteiger partial charge is 0.226 e. The van der Waals surface area contributed by atoms with Gasteiger partial charge < -0.3 is 5.32 Å². The molecule has 0 spiro atoms. The van der Waals surface area contributed by atoms with Crippen molar-refractivity contribution in [2.45, 2.75) is 20.3 Å². The van der Waals surface area contributed by atoms with Gasteiger partial charge in [0.15, 0.2) is 0 Å². The lowest BCUT2D eigenvalue weighted by Gasteiger charge is -2.21. The molecule has 0 radical (unpaired) electrons. The van der Waals surface area contributed by atoms with Crippen LogP contribution in [-0.4, -0.2) is 32.9 Å². The summed E-state index contributed by atoms with van der Waals surface area (Å²) in [6, 6.07) is 1.89. The van der Waals surface area contributed by atoms with Gasteiger partial charge in [-0.15, -0.1) is 0 Å². The summed E-state index contributed by atoms with van der Waals surface area (Å²) in [7, 11) is -3.18. The molecule has 15 heavy (non-hydrogen) atoms. The van der Waals surface area contributed by atoms with E-state index in [0.29, 0.717) is 0 Å². The number of nitriles is 1. The molecule has 0 saturated heterocycles. The third-order valence-electron chi connectivity index (χ3n) is 1.76. The molecular weight excluding hydrogens is 216 g/mol. The topological polar surface area (TPSA) is 87.0 Å². The van der Waals surface area contributed by atoms with Gasteiger partial charge in [0.2, 0.25) is 5.91 Å².